The van der Waals surface area contributed by atoms with Crippen LogP contribution in [0.1, 0.15) is 12.6 Å². The van der Waals surface area contributed by atoms with E-state index in [0.29, 0.717) is 24.6 Å². The molecule has 1 aliphatic rings. The number of aliphatic hydroxyl groups excluding tert-OH is 1. The smallest absolute Gasteiger partial charge is 0.165 e. The van der Waals surface area contributed by atoms with Gasteiger partial charge in [-0.1, -0.05) is 0 Å². The highest BCUT2D eigenvalue weighted by molar-refractivity contribution is 5.55. The van der Waals surface area contributed by atoms with Crippen molar-refractivity contribution in [2.75, 3.05) is 30.3 Å². The molecule has 0 aromatic carbocycles. The van der Waals surface area contributed by atoms with Crippen molar-refractivity contribution in [1.29, 1.82) is 5.26 Å². The molecule has 96 valence electrons. The number of hydrogen-bond donors (Lipinski definition) is 2. The second kappa shape index (κ2) is 5.21. The van der Waals surface area contributed by atoms with Crippen LogP contribution in [0.25, 0.3) is 0 Å². The molecule has 0 amide bonds. The van der Waals surface area contributed by atoms with Gasteiger partial charge < -0.3 is 20.5 Å². The summed E-state index contributed by atoms with van der Waals surface area (Å²) in [5, 5.41) is 18.1. The quantitative estimate of drug-likeness (QED) is 0.772. The minimum Gasteiger partial charge on any atom is -0.396 e. The van der Waals surface area contributed by atoms with Crippen molar-refractivity contribution in [3.63, 3.8) is 0 Å². The summed E-state index contributed by atoms with van der Waals surface area (Å²) in [6.45, 7) is 3.15. The highest BCUT2D eigenvalue weighted by atomic mass is 16.5. The van der Waals surface area contributed by atoms with E-state index < -0.39 is 0 Å². The molecule has 1 saturated heterocycles. The topological polar surface area (TPSA) is 95.4 Å². The molecule has 0 bridgehead atoms. The Balaban J connectivity index is 2.23. The highest BCUT2D eigenvalue weighted by Gasteiger charge is 2.25. The van der Waals surface area contributed by atoms with E-state index in [9.17, 15) is 5.11 Å². The van der Waals surface area contributed by atoms with E-state index in [1.54, 1.807) is 12.1 Å². The standard InChI is InChI=1S/C12H16N4O2/c1-8-5-16(6-9(7-17)18-8)12-3-2-10(14)11(4-13)15-12/h2-3,8-9,17H,5-7,14H2,1H3. The first-order chi connectivity index (χ1) is 8.63. The molecule has 2 unspecified atom stereocenters. The summed E-state index contributed by atoms with van der Waals surface area (Å²) in [5.74, 6) is 0.689. The van der Waals surface area contributed by atoms with Gasteiger partial charge in [-0.3, -0.25) is 0 Å². The van der Waals surface area contributed by atoms with Gasteiger partial charge in [0, 0.05) is 13.1 Å². The molecule has 1 aromatic heterocycles. The molecule has 2 heterocycles. The third-order valence-electron chi connectivity index (χ3n) is 2.87. The van der Waals surface area contributed by atoms with E-state index in [0.717, 1.165) is 0 Å². The van der Waals surface area contributed by atoms with E-state index in [1.807, 2.05) is 17.9 Å². The van der Waals surface area contributed by atoms with Crippen LogP contribution in [0.5, 0.6) is 0 Å². The number of nitrogens with zero attached hydrogens (tertiary/aromatic N) is 3. The Labute approximate surface area is 106 Å². The molecule has 0 aliphatic carbocycles. The number of morpholine rings is 1. The zero-order valence-corrected chi connectivity index (χ0v) is 10.2. The maximum atomic E-state index is 9.17. The van der Waals surface area contributed by atoms with Crippen LogP contribution in [-0.4, -0.2) is 42.0 Å². The normalized spacial score (nSPS) is 23.7. The molecular formula is C12H16N4O2. The van der Waals surface area contributed by atoms with Crippen molar-refractivity contribution in [3.8, 4) is 6.07 Å². The Morgan fingerprint density at radius 2 is 2.39 bits per heavy atom. The maximum absolute atomic E-state index is 9.17. The van der Waals surface area contributed by atoms with Crippen molar-refractivity contribution in [2.45, 2.75) is 19.1 Å². The zero-order chi connectivity index (χ0) is 13.1. The van der Waals surface area contributed by atoms with Crippen LogP contribution in [0.2, 0.25) is 0 Å². The van der Waals surface area contributed by atoms with Crippen LogP contribution < -0.4 is 10.6 Å². The van der Waals surface area contributed by atoms with Gasteiger partial charge in [0.05, 0.1) is 24.5 Å². The van der Waals surface area contributed by atoms with E-state index in [-0.39, 0.29) is 24.5 Å². The Morgan fingerprint density at radius 1 is 1.61 bits per heavy atom. The van der Waals surface area contributed by atoms with Crippen LogP contribution in [-0.2, 0) is 4.74 Å². The third-order valence-corrected chi connectivity index (χ3v) is 2.87. The largest absolute Gasteiger partial charge is 0.396 e. The van der Waals surface area contributed by atoms with Crippen LogP contribution in [0, 0.1) is 11.3 Å². The Kier molecular flexibility index (Phi) is 3.65. The van der Waals surface area contributed by atoms with Gasteiger partial charge >= 0.3 is 0 Å². The number of aromatic nitrogens is 1. The molecule has 0 saturated carbocycles. The van der Waals surface area contributed by atoms with E-state index >= 15 is 0 Å². The number of nitrogens with two attached hydrogens (primary N) is 1. The number of nitriles is 1. The highest BCUT2D eigenvalue weighted by Crippen LogP contribution is 2.20. The number of anilines is 2. The Bertz CT molecular complexity index is 472. The summed E-state index contributed by atoms with van der Waals surface area (Å²) in [6, 6.07) is 5.42. The minimum atomic E-state index is -0.223. The fraction of sp³-hybridized carbons (Fsp3) is 0.500. The van der Waals surface area contributed by atoms with Gasteiger partial charge in [0.15, 0.2) is 5.69 Å². The minimum absolute atomic E-state index is 0.0146. The fourth-order valence-electron chi connectivity index (χ4n) is 2.06. The van der Waals surface area contributed by atoms with E-state index in [2.05, 4.69) is 4.98 Å². The molecule has 6 heteroatoms. The number of rotatable bonds is 2. The van der Waals surface area contributed by atoms with Gasteiger partial charge in [-0.25, -0.2) is 4.98 Å². The monoisotopic (exact) mass is 248 g/mol. The van der Waals surface area contributed by atoms with Gasteiger partial charge in [-0.2, -0.15) is 5.26 Å². The number of ether oxygens (including phenoxy) is 1. The molecule has 3 N–H and O–H groups in total. The summed E-state index contributed by atoms with van der Waals surface area (Å²) in [5.41, 5.74) is 6.25. The SMILES string of the molecule is CC1CN(c2ccc(N)c(C#N)n2)CC(CO)O1. The van der Waals surface area contributed by atoms with Gasteiger partial charge in [-0.05, 0) is 19.1 Å². The third kappa shape index (κ3) is 2.53. The molecule has 1 fully saturated rings. The summed E-state index contributed by atoms with van der Waals surface area (Å²) >= 11 is 0. The first-order valence-electron chi connectivity index (χ1n) is 5.82. The average Bonchev–Trinajstić information content (AvgIpc) is 2.38. The van der Waals surface area contributed by atoms with Crippen molar-refractivity contribution < 1.29 is 9.84 Å². The van der Waals surface area contributed by atoms with Gasteiger partial charge in [0.1, 0.15) is 11.9 Å². The molecule has 2 atom stereocenters. The summed E-state index contributed by atoms with van der Waals surface area (Å²) in [6.07, 6.45) is -0.209. The summed E-state index contributed by atoms with van der Waals surface area (Å²) in [4.78, 5) is 6.22. The van der Waals surface area contributed by atoms with Gasteiger partial charge in [-0.15, -0.1) is 0 Å². The van der Waals surface area contributed by atoms with Gasteiger partial charge in [0.2, 0.25) is 0 Å². The van der Waals surface area contributed by atoms with Crippen molar-refractivity contribution in [1.82, 2.24) is 4.98 Å². The summed E-state index contributed by atoms with van der Waals surface area (Å²) < 4.78 is 5.56. The lowest BCUT2D eigenvalue weighted by Crippen LogP contribution is -2.48. The van der Waals surface area contributed by atoms with Crippen molar-refractivity contribution >= 4 is 11.5 Å². The number of pyridine rings is 1. The number of aliphatic hydroxyl groups is 1. The Hall–Kier alpha value is -1.84. The number of nitrogen functional groups attached to an aromatic ring is 1. The van der Waals surface area contributed by atoms with E-state index in [4.69, 9.17) is 15.7 Å². The van der Waals surface area contributed by atoms with Crippen LogP contribution in [0.15, 0.2) is 12.1 Å². The molecule has 1 aliphatic heterocycles. The first kappa shape index (κ1) is 12.6. The van der Waals surface area contributed by atoms with Crippen LogP contribution in [0.3, 0.4) is 0 Å². The molecule has 0 spiro atoms. The van der Waals surface area contributed by atoms with Gasteiger partial charge in [0.25, 0.3) is 0 Å². The molecule has 18 heavy (non-hydrogen) atoms. The number of hydrogen-bond acceptors (Lipinski definition) is 6. The second-order valence-corrected chi connectivity index (χ2v) is 4.38. The predicted octanol–water partition coefficient (Wildman–Crippen LogP) is 0.121. The summed E-state index contributed by atoms with van der Waals surface area (Å²) in [7, 11) is 0. The lowest BCUT2D eigenvalue weighted by molar-refractivity contribution is -0.0423. The molecule has 1 aromatic rings. The first-order valence-corrected chi connectivity index (χ1v) is 5.82. The zero-order valence-electron chi connectivity index (χ0n) is 10.2. The van der Waals surface area contributed by atoms with Crippen LogP contribution in [0.4, 0.5) is 11.5 Å². The molecular weight excluding hydrogens is 232 g/mol. The van der Waals surface area contributed by atoms with E-state index in [1.165, 1.54) is 0 Å². The molecule has 6 nitrogen and oxygen atoms in total. The molecule has 2 rings (SSSR count). The fourth-order valence-corrected chi connectivity index (χ4v) is 2.06. The van der Waals surface area contributed by atoms with Crippen molar-refractivity contribution in [2.24, 2.45) is 0 Å². The Morgan fingerprint density at radius 3 is 3.06 bits per heavy atom. The predicted molar refractivity (Wildman–Crippen MR) is 67.0 cm³/mol. The lowest BCUT2D eigenvalue weighted by Gasteiger charge is -2.36. The van der Waals surface area contributed by atoms with Crippen molar-refractivity contribution in [3.05, 3.63) is 17.8 Å². The average molecular weight is 248 g/mol. The maximum Gasteiger partial charge on any atom is 0.165 e. The molecule has 0 radical (unpaired) electrons. The lowest BCUT2D eigenvalue weighted by atomic mass is 10.2. The van der Waals surface area contributed by atoms with Crippen LogP contribution >= 0.6 is 0 Å². The second-order valence-electron chi connectivity index (χ2n) is 4.38.